The zero-order valence-electron chi connectivity index (χ0n) is 11.8. The molecule has 0 aliphatic heterocycles. The van der Waals surface area contributed by atoms with Crippen LogP contribution in [0.15, 0.2) is 22.7 Å². The number of nitriles is 1. The van der Waals surface area contributed by atoms with Gasteiger partial charge in [-0.3, -0.25) is 0 Å². The van der Waals surface area contributed by atoms with Crippen molar-refractivity contribution in [3.05, 3.63) is 28.2 Å². The molecule has 1 aromatic rings. The van der Waals surface area contributed by atoms with Crippen LogP contribution in [-0.2, 0) is 6.42 Å². The van der Waals surface area contributed by atoms with Gasteiger partial charge < -0.3 is 9.64 Å². The molecule has 0 fully saturated rings. The highest BCUT2D eigenvalue weighted by Crippen LogP contribution is 2.23. The summed E-state index contributed by atoms with van der Waals surface area (Å²) in [4.78, 5) is 2.21. The van der Waals surface area contributed by atoms with Crippen LogP contribution in [0.1, 0.15) is 18.9 Å². The van der Waals surface area contributed by atoms with Crippen LogP contribution in [0, 0.1) is 17.2 Å². The molecule has 0 aliphatic carbocycles. The lowest BCUT2D eigenvalue weighted by Crippen LogP contribution is -2.27. The molecular weight excluding hydrogens is 304 g/mol. The summed E-state index contributed by atoms with van der Waals surface area (Å²) < 4.78 is 6.43. The summed E-state index contributed by atoms with van der Waals surface area (Å²) in [5, 5.41) is 8.98. The molecule has 1 unspecified atom stereocenters. The molecule has 19 heavy (non-hydrogen) atoms. The second-order valence-corrected chi connectivity index (χ2v) is 5.62. The highest BCUT2D eigenvalue weighted by Gasteiger charge is 2.10. The number of halogens is 1. The van der Waals surface area contributed by atoms with Crippen molar-refractivity contribution in [1.82, 2.24) is 4.90 Å². The summed E-state index contributed by atoms with van der Waals surface area (Å²) in [5.74, 6) is 1.04. The highest BCUT2D eigenvalue weighted by molar-refractivity contribution is 9.10. The van der Waals surface area contributed by atoms with E-state index in [0.29, 0.717) is 0 Å². The first-order valence-corrected chi connectivity index (χ1v) is 7.30. The summed E-state index contributed by atoms with van der Waals surface area (Å²) in [6.07, 6.45) is 1.82. The molecule has 0 heterocycles. The van der Waals surface area contributed by atoms with Gasteiger partial charge in [0.1, 0.15) is 5.75 Å². The summed E-state index contributed by atoms with van der Waals surface area (Å²) in [6.45, 7) is 3.80. The van der Waals surface area contributed by atoms with E-state index in [1.165, 1.54) is 5.56 Å². The van der Waals surface area contributed by atoms with Crippen molar-refractivity contribution < 1.29 is 4.74 Å². The summed E-state index contributed by atoms with van der Waals surface area (Å²) in [5.41, 5.74) is 1.19. The second-order valence-electron chi connectivity index (χ2n) is 4.70. The normalized spacial score (nSPS) is 12.2. The maximum absolute atomic E-state index is 8.98. The Balaban J connectivity index is 2.57. The first-order valence-electron chi connectivity index (χ1n) is 6.51. The van der Waals surface area contributed by atoms with Crippen molar-refractivity contribution in [2.75, 3.05) is 27.2 Å². The third-order valence-corrected chi connectivity index (χ3v) is 3.71. The molecule has 0 bridgehead atoms. The van der Waals surface area contributed by atoms with Gasteiger partial charge in [0.05, 0.1) is 19.1 Å². The molecule has 0 aromatic heterocycles. The van der Waals surface area contributed by atoms with Crippen molar-refractivity contribution in [3.63, 3.8) is 0 Å². The van der Waals surface area contributed by atoms with Crippen molar-refractivity contribution in [2.24, 2.45) is 5.92 Å². The Labute approximate surface area is 124 Å². The highest BCUT2D eigenvalue weighted by atomic mass is 79.9. The topological polar surface area (TPSA) is 36.3 Å². The van der Waals surface area contributed by atoms with Gasteiger partial charge in [0.15, 0.2) is 0 Å². The molecule has 0 saturated heterocycles. The van der Waals surface area contributed by atoms with Crippen molar-refractivity contribution in [2.45, 2.75) is 19.8 Å². The van der Waals surface area contributed by atoms with Crippen LogP contribution in [0.3, 0.4) is 0 Å². The molecule has 1 atom stereocenters. The molecule has 0 radical (unpaired) electrons. The molecule has 0 spiro atoms. The first-order chi connectivity index (χ1) is 9.10. The van der Waals surface area contributed by atoms with E-state index in [4.69, 9.17) is 10.00 Å². The average Bonchev–Trinajstić information content (AvgIpc) is 2.42. The quantitative estimate of drug-likeness (QED) is 0.770. The number of likely N-dealkylation sites (N-methyl/N-ethyl adjacent to an activating group) is 1. The van der Waals surface area contributed by atoms with E-state index in [0.717, 1.165) is 36.2 Å². The first kappa shape index (κ1) is 16.0. The third-order valence-electron chi connectivity index (χ3n) is 3.21. The number of hydrogen-bond acceptors (Lipinski definition) is 3. The van der Waals surface area contributed by atoms with Gasteiger partial charge in [-0.15, -0.1) is 0 Å². The smallest absolute Gasteiger partial charge is 0.122 e. The molecule has 1 rings (SSSR count). The lowest BCUT2D eigenvalue weighted by atomic mass is 10.1. The number of methoxy groups -OCH3 is 1. The fraction of sp³-hybridized carbons (Fsp3) is 0.533. The third kappa shape index (κ3) is 5.22. The van der Waals surface area contributed by atoms with E-state index in [-0.39, 0.29) is 5.92 Å². The summed E-state index contributed by atoms with van der Waals surface area (Å²) >= 11 is 3.48. The zero-order valence-corrected chi connectivity index (χ0v) is 13.4. The molecule has 0 saturated carbocycles. The number of nitrogens with zero attached hydrogens (tertiary/aromatic N) is 2. The Kier molecular flexibility index (Phi) is 6.90. The number of benzene rings is 1. The maximum Gasteiger partial charge on any atom is 0.122 e. The number of rotatable bonds is 7. The van der Waals surface area contributed by atoms with Crippen LogP contribution in [-0.4, -0.2) is 32.1 Å². The predicted molar refractivity (Wildman–Crippen MR) is 81.3 cm³/mol. The van der Waals surface area contributed by atoms with E-state index in [1.54, 1.807) is 7.11 Å². The van der Waals surface area contributed by atoms with Crippen LogP contribution < -0.4 is 4.74 Å². The van der Waals surface area contributed by atoms with Gasteiger partial charge in [-0.1, -0.05) is 22.9 Å². The molecule has 0 N–H and O–H groups in total. The largest absolute Gasteiger partial charge is 0.496 e. The van der Waals surface area contributed by atoms with Gasteiger partial charge in [-0.05, 0) is 43.7 Å². The van der Waals surface area contributed by atoms with Crippen molar-refractivity contribution >= 4 is 15.9 Å². The summed E-state index contributed by atoms with van der Waals surface area (Å²) in [7, 11) is 3.75. The lowest BCUT2D eigenvalue weighted by molar-refractivity contribution is 0.301. The van der Waals surface area contributed by atoms with Crippen molar-refractivity contribution in [3.8, 4) is 11.8 Å². The zero-order chi connectivity index (χ0) is 14.3. The SMILES string of the molecule is CCC(C#N)CN(C)CCc1cc(Br)ccc1OC. The van der Waals surface area contributed by atoms with Crippen LogP contribution >= 0.6 is 15.9 Å². The van der Waals surface area contributed by atoms with Crippen molar-refractivity contribution in [1.29, 1.82) is 5.26 Å². The van der Waals surface area contributed by atoms with E-state index in [9.17, 15) is 0 Å². The second kappa shape index (κ2) is 8.19. The predicted octanol–water partition coefficient (Wildman–Crippen LogP) is 3.48. The minimum Gasteiger partial charge on any atom is -0.496 e. The Morgan fingerprint density at radius 1 is 1.47 bits per heavy atom. The van der Waals surface area contributed by atoms with E-state index in [2.05, 4.69) is 46.9 Å². The minimum atomic E-state index is 0.120. The fourth-order valence-corrected chi connectivity index (χ4v) is 2.39. The average molecular weight is 325 g/mol. The van der Waals surface area contributed by atoms with E-state index in [1.807, 2.05) is 12.1 Å². The van der Waals surface area contributed by atoms with Crippen LogP contribution in [0.25, 0.3) is 0 Å². The molecule has 4 heteroatoms. The van der Waals surface area contributed by atoms with Gasteiger partial charge in [0.2, 0.25) is 0 Å². The molecular formula is C15H21BrN2O. The van der Waals surface area contributed by atoms with Gasteiger partial charge in [-0.2, -0.15) is 5.26 Å². The Morgan fingerprint density at radius 2 is 2.21 bits per heavy atom. The van der Waals surface area contributed by atoms with Gasteiger partial charge in [-0.25, -0.2) is 0 Å². The lowest BCUT2D eigenvalue weighted by Gasteiger charge is -2.19. The van der Waals surface area contributed by atoms with Crippen LogP contribution in [0.5, 0.6) is 5.75 Å². The maximum atomic E-state index is 8.98. The Morgan fingerprint density at radius 3 is 2.79 bits per heavy atom. The van der Waals surface area contributed by atoms with E-state index >= 15 is 0 Å². The Bertz CT molecular complexity index is 442. The minimum absolute atomic E-state index is 0.120. The van der Waals surface area contributed by atoms with E-state index < -0.39 is 0 Å². The summed E-state index contributed by atoms with van der Waals surface area (Å²) in [6, 6.07) is 8.39. The number of hydrogen-bond donors (Lipinski definition) is 0. The van der Waals surface area contributed by atoms with Gasteiger partial charge >= 0.3 is 0 Å². The van der Waals surface area contributed by atoms with Gasteiger partial charge in [0, 0.05) is 17.6 Å². The molecule has 104 valence electrons. The van der Waals surface area contributed by atoms with Crippen LogP contribution in [0.2, 0.25) is 0 Å². The number of ether oxygens (including phenoxy) is 1. The molecule has 3 nitrogen and oxygen atoms in total. The molecule has 0 amide bonds. The van der Waals surface area contributed by atoms with Gasteiger partial charge in [0.25, 0.3) is 0 Å². The molecule has 1 aromatic carbocycles. The standard InChI is InChI=1S/C15H21BrN2O/c1-4-12(10-17)11-18(2)8-7-13-9-14(16)5-6-15(13)19-3/h5-6,9,12H,4,7-8,11H2,1-3H3. The fourth-order valence-electron chi connectivity index (χ4n) is 1.98. The van der Waals surface area contributed by atoms with Crippen LogP contribution in [0.4, 0.5) is 0 Å². The Hall–Kier alpha value is -1.05. The monoisotopic (exact) mass is 324 g/mol. The molecule has 0 aliphatic rings.